The van der Waals surface area contributed by atoms with Gasteiger partial charge in [-0.05, 0) is 41.2 Å². The number of unbranched alkanes of at least 4 members (excludes halogenated alkanes) is 1. The minimum atomic E-state index is 1.06. The van der Waals surface area contributed by atoms with Crippen LogP contribution in [-0.2, 0) is 0 Å². The van der Waals surface area contributed by atoms with Crippen LogP contribution in [0.25, 0.3) is 11.1 Å². The number of hydrogen-bond donors (Lipinski definition) is 0. The molecule has 104 valence electrons. The number of benzene rings is 1. The van der Waals surface area contributed by atoms with Crippen LogP contribution in [0.3, 0.4) is 0 Å². The molecular formula is C20H24. The zero-order chi connectivity index (χ0) is 15.0. The van der Waals surface area contributed by atoms with Gasteiger partial charge in [-0.25, -0.2) is 0 Å². The van der Waals surface area contributed by atoms with Crippen LogP contribution in [0.1, 0.15) is 37.8 Å². The van der Waals surface area contributed by atoms with Crippen molar-refractivity contribution in [2.75, 3.05) is 0 Å². The first-order valence-electron chi connectivity index (χ1n) is 7.07. The summed E-state index contributed by atoms with van der Waals surface area (Å²) in [7, 11) is 0. The van der Waals surface area contributed by atoms with Crippen molar-refractivity contribution in [1.29, 1.82) is 0 Å². The van der Waals surface area contributed by atoms with E-state index in [4.69, 9.17) is 0 Å². The van der Waals surface area contributed by atoms with Crippen molar-refractivity contribution >= 4 is 11.1 Å². The Morgan fingerprint density at radius 3 is 2.15 bits per heavy atom. The molecule has 20 heavy (non-hydrogen) atoms. The largest absolute Gasteiger partial charge is 0.0988 e. The second-order valence-electron chi connectivity index (χ2n) is 4.70. The Morgan fingerprint density at radius 2 is 1.65 bits per heavy atom. The molecule has 1 rings (SSSR count). The predicted molar refractivity (Wildman–Crippen MR) is 92.5 cm³/mol. The van der Waals surface area contributed by atoms with Gasteiger partial charge in [-0.3, -0.25) is 0 Å². The van der Waals surface area contributed by atoms with Gasteiger partial charge >= 0.3 is 0 Å². The molecule has 0 atom stereocenters. The summed E-state index contributed by atoms with van der Waals surface area (Å²) in [5, 5.41) is 0. The first-order chi connectivity index (χ1) is 9.69. The molecule has 0 heterocycles. The molecule has 0 bridgehead atoms. The fourth-order valence-corrected chi connectivity index (χ4v) is 2.17. The van der Waals surface area contributed by atoms with Crippen LogP contribution in [0.15, 0.2) is 73.9 Å². The van der Waals surface area contributed by atoms with Gasteiger partial charge in [0.1, 0.15) is 0 Å². The van der Waals surface area contributed by atoms with Gasteiger partial charge in [0.2, 0.25) is 0 Å². The lowest BCUT2D eigenvalue weighted by atomic mass is 9.91. The number of allylic oxidation sites excluding steroid dienone is 7. The lowest BCUT2D eigenvalue weighted by Gasteiger charge is -2.13. The van der Waals surface area contributed by atoms with Crippen molar-refractivity contribution in [3.8, 4) is 0 Å². The molecule has 0 spiro atoms. The minimum absolute atomic E-state index is 1.06. The van der Waals surface area contributed by atoms with E-state index in [1.165, 1.54) is 16.7 Å². The lowest BCUT2D eigenvalue weighted by molar-refractivity contribution is 0.960. The highest BCUT2D eigenvalue weighted by Crippen LogP contribution is 2.29. The maximum Gasteiger partial charge on any atom is -0.0103 e. The van der Waals surface area contributed by atoms with Gasteiger partial charge in [0.15, 0.2) is 0 Å². The van der Waals surface area contributed by atoms with Crippen molar-refractivity contribution in [3.63, 3.8) is 0 Å². The molecule has 1 aromatic rings. The van der Waals surface area contributed by atoms with Gasteiger partial charge in [0.05, 0.1) is 0 Å². The Hall–Kier alpha value is -2.08. The molecule has 0 fully saturated rings. The predicted octanol–water partition coefficient (Wildman–Crippen LogP) is 6.20. The van der Waals surface area contributed by atoms with Crippen LogP contribution in [0.2, 0.25) is 0 Å². The van der Waals surface area contributed by atoms with Crippen LogP contribution in [0.5, 0.6) is 0 Å². The third kappa shape index (κ3) is 3.71. The molecule has 0 aliphatic heterocycles. The second kappa shape index (κ2) is 8.16. The maximum atomic E-state index is 3.95. The van der Waals surface area contributed by atoms with E-state index in [-0.39, 0.29) is 0 Å². The molecule has 0 N–H and O–H groups in total. The molecule has 0 heteroatoms. The Labute approximate surface area is 123 Å². The van der Waals surface area contributed by atoms with Gasteiger partial charge in [-0.2, -0.15) is 0 Å². The van der Waals surface area contributed by atoms with E-state index >= 15 is 0 Å². The molecule has 0 radical (unpaired) electrons. The van der Waals surface area contributed by atoms with Gasteiger partial charge < -0.3 is 0 Å². The smallest absolute Gasteiger partial charge is 0.0103 e. The van der Waals surface area contributed by atoms with Gasteiger partial charge in [0.25, 0.3) is 0 Å². The minimum Gasteiger partial charge on any atom is -0.0988 e. The van der Waals surface area contributed by atoms with Crippen molar-refractivity contribution in [3.05, 3.63) is 85.0 Å². The zero-order valence-electron chi connectivity index (χ0n) is 12.7. The SMILES string of the molecule is C=C/C(=C\CCC)c1ccccc1/C(C=C)=C(\C)C=C. The summed E-state index contributed by atoms with van der Waals surface area (Å²) >= 11 is 0. The third-order valence-corrected chi connectivity index (χ3v) is 3.34. The molecule has 0 aliphatic carbocycles. The van der Waals surface area contributed by atoms with Crippen LogP contribution in [0, 0.1) is 0 Å². The summed E-state index contributed by atoms with van der Waals surface area (Å²) < 4.78 is 0. The van der Waals surface area contributed by atoms with E-state index < -0.39 is 0 Å². The average Bonchev–Trinajstić information content (AvgIpc) is 2.49. The van der Waals surface area contributed by atoms with E-state index in [1.807, 2.05) is 18.2 Å². The summed E-state index contributed by atoms with van der Waals surface area (Å²) in [4.78, 5) is 0. The van der Waals surface area contributed by atoms with Crippen molar-refractivity contribution in [2.45, 2.75) is 26.7 Å². The van der Waals surface area contributed by atoms with Crippen molar-refractivity contribution in [1.82, 2.24) is 0 Å². The van der Waals surface area contributed by atoms with Crippen LogP contribution >= 0.6 is 0 Å². The fraction of sp³-hybridized carbons (Fsp3) is 0.200. The standard InChI is InChI=1S/C20H24/c1-6-10-13-17(8-3)19-14-11-12-15-20(19)18(9-4)16(5)7-2/h7-9,11-15H,2-4,6,10H2,1,5H3/b17-13+,18-16+. The molecule has 0 nitrogen and oxygen atoms in total. The Morgan fingerprint density at radius 1 is 1.00 bits per heavy atom. The third-order valence-electron chi connectivity index (χ3n) is 3.34. The summed E-state index contributed by atoms with van der Waals surface area (Å²) in [5.41, 5.74) is 5.82. The summed E-state index contributed by atoms with van der Waals surface area (Å²) in [6.07, 6.45) is 10.1. The van der Waals surface area contributed by atoms with Gasteiger partial charge in [-0.15, -0.1) is 0 Å². The number of rotatable bonds is 7. The monoisotopic (exact) mass is 264 g/mol. The number of hydrogen-bond acceptors (Lipinski definition) is 0. The van der Waals surface area contributed by atoms with Crippen LogP contribution < -0.4 is 0 Å². The first kappa shape index (κ1) is 16.0. The fourth-order valence-electron chi connectivity index (χ4n) is 2.17. The van der Waals surface area contributed by atoms with Crippen LogP contribution in [0.4, 0.5) is 0 Å². The second-order valence-corrected chi connectivity index (χ2v) is 4.70. The van der Waals surface area contributed by atoms with Crippen molar-refractivity contribution in [2.24, 2.45) is 0 Å². The van der Waals surface area contributed by atoms with E-state index in [1.54, 1.807) is 0 Å². The van der Waals surface area contributed by atoms with E-state index in [9.17, 15) is 0 Å². The van der Waals surface area contributed by atoms with Crippen LogP contribution in [-0.4, -0.2) is 0 Å². The highest BCUT2D eigenvalue weighted by Gasteiger charge is 2.08. The molecular weight excluding hydrogens is 240 g/mol. The molecule has 0 aromatic heterocycles. The topological polar surface area (TPSA) is 0 Å². The molecule has 1 aromatic carbocycles. The van der Waals surface area contributed by atoms with E-state index in [0.717, 1.165) is 24.0 Å². The molecule has 0 saturated heterocycles. The molecule has 0 unspecified atom stereocenters. The Balaban J connectivity index is 3.47. The molecule has 0 saturated carbocycles. The maximum absolute atomic E-state index is 3.95. The molecule has 0 aliphatic rings. The highest BCUT2D eigenvalue weighted by molar-refractivity contribution is 5.88. The van der Waals surface area contributed by atoms with Gasteiger partial charge in [0, 0.05) is 0 Å². The van der Waals surface area contributed by atoms with Gasteiger partial charge in [-0.1, -0.05) is 81.7 Å². The van der Waals surface area contributed by atoms with E-state index in [2.05, 4.69) is 63.9 Å². The normalized spacial score (nSPS) is 12.6. The summed E-state index contributed by atoms with van der Waals surface area (Å²) in [5.74, 6) is 0. The summed E-state index contributed by atoms with van der Waals surface area (Å²) in [6.45, 7) is 16.0. The Kier molecular flexibility index (Phi) is 6.52. The Bertz CT molecular complexity index is 553. The lowest BCUT2D eigenvalue weighted by Crippen LogP contribution is -1.92. The summed E-state index contributed by atoms with van der Waals surface area (Å²) in [6, 6.07) is 8.38. The molecule has 0 amide bonds. The average molecular weight is 264 g/mol. The quantitative estimate of drug-likeness (QED) is 0.514. The van der Waals surface area contributed by atoms with Crippen molar-refractivity contribution < 1.29 is 0 Å². The first-order valence-corrected chi connectivity index (χ1v) is 7.07. The van der Waals surface area contributed by atoms with E-state index in [0.29, 0.717) is 0 Å². The highest BCUT2D eigenvalue weighted by atomic mass is 14.1. The zero-order valence-corrected chi connectivity index (χ0v) is 12.7.